The molecule has 0 bridgehead atoms. The Hall–Kier alpha value is -4.13. The molecule has 3 heterocycles. The van der Waals surface area contributed by atoms with Crippen LogP contribution < -0.4 is 9.47 Å². The van der Waals surface area contributed by atoms with Crippen molar-refractivity contribution in [1.29, 1.82) is 0 Å². The maximum Gasteiger partial charge on any atom is 0.374 e. The SMILES string of the molecule is CC(C)(C)c1ccc(C(=O)c2ccc3[n+](c2)[C@H](C(=O)O)[C@H]2C(=O)N(c4ccccc4)C(=O)[C@@H]32)cc1. The highest BCUT2D eigenvalue weighted by atomic mass is 16.4. The average Bonchev–Trinajstić information content (AvgIpc) is 3.30. The Bertz CT molecular complexity index is 1370. The number of carboxylic acids is 1. The van der Waals surface area contributed by atoms with Crippen LogP contribution in [0.5, 0.6) is 0 Å². The van der Waals surface area contributed by atoms with Crippen molar-refractivity contribution < 1.29 is 28.9 Å². The number of carboxylic acid groups (broad SMARTS) is 1. The number of nitrogens with zero attached hydrogens (tertiary/aromatic N) is 2. The highest BCUT2D eigenvalue weighted by molar-refractivity contribution is 6.24. The maximum atomic E-state index is 13.3. The number of rotatable bonds is 4. The number of para-hydroxylation sites is 1. The van der Waals surface area contributed by atoms with E-state index in [-0.39, 0.29) is 11.2 Å². The Balaban J connectivity index is 1.53. The van der Waals surface area contributed by atoms with E-state index in [2.05, 4.69) is 20.8 Å². The lowest BCUT2D eigenvalue weighted by atomic mass is 9.86. The van der Waals surface area contributed by atoms with Gasteiger partial charge in [0.05, 0.1) is 11.3 Å². The van der Waals surface area contributed by atoms with Gasteiger partial charge in [0.2, 0.25) is 11.8 Å². The first kappa shape index (κ1) is 22.7. The molecule has 5 rings (SSSR count). The van der Waals surface area contributed by atoms with Crippen LogP contribution in [0.3, 0.4) is 0 Å². The quantitative estimate of drug-likeness (QED) is 0.359. The van der Waals surface area contributed by atoms with Crippen LogP contribution in [0.2, 0.25) is 0 Å². The zero-order valence-corrected chi connectivity index (χ0v) is 19.6. The second kappa shape index (κ2) is 7.98. The van der Waals surface area contributed by atoms with Gasteiger partial charge in [0.25, 0.3) is 6.04 Å². The summed E-state index contributed by atoms with van der Waals surface area (Å²) in [6, 6.07) is 17.7. The summed E-state index contributed by atoms with van der Waals surface area (Å²) in [5, 5.41) is 10.0. The third kappa shape index (κ3) is 3.55. The fourth-order valence-electron chi connectivity index (χ4n) is 5.05. The number of anilines is 1. The summed E-state index contributed by atoms with van der Waals surface area (Å²) in [6.07, 6.45) is 1.46. The molecule has 3 aromatic rings. The molecule has 2 aromatic carbocycles. The molecule has 176 valence electrons. The number of pyridine rings is 1. The largest absolute Gasteiger partial charge is 0.476 e. The van der Waals surface area contributed by atoms with Gasteiger partial charge in [0, 0.05) is 11.6 Å². The first-order valence-corrected chi connectivity index (χ1v) is 11.5. The lowest BCUT2D eigenvalue weighted by Gasteiger charge is -2.19. The highest BCUT2D eigenvalue weighted by Crippen LogP contribution is 2.45. The third-order valence-corrected chi connectivity index (χ3v) is 6.86. The predicted molar refractivity (Wildman–Crippen MR) is 127 cm³/mol. The minimum absolute atomic E-state index is 0.0514. The van der Waals surface area contributed by atoms with Crippen molar-refractivity contribution in [2.75, 3.05) is 4.90 Å². The molecule has 1 fully saturated rings. The molecule has 2 aliphatic rings. The molecule has 1 aromatic heterocycles. The van der Waals surface area contributed by atoms with Gasteiger partial charge >= 0.3 is 5.97 Å². The smallest absolute Gasteiger partial charge is 0.374 e. The van der Waals surface area contributed by atoms with Gasteiger partial charge in [-0.25, -0.2) is 9.69 Å². The van der Waals surface area contributed by atoms with Gasteiger partial charge in [0.15, 0.2) is 17.7 Å². The monoisotopic (exact) mass is 469 g/mol. The molecule has 2 aliphatic heterocycles. The summed E-state index contributed by atoms with van der Waals surface area (Å²) in [5.74, 6) is -4.48. The number of hydrogen-bond donors (Lipinski definition) is 1. The van der Waals surface area contributed by atoms with Gasteiger partial charge in [-0.15, -0.1) is 0 Å². The zero-order chi connectivity index (χ0) is 25.1. The Morgan fingerprint density at radius 3 is 2.09 bits per heavy atom. The molecular formula is C28H25N2O5+. The summed E-state index contributed by atoms with van der Waals surface area (Å²) in [7, 11) is 0. The van der Waals surface area contributed by atoms with Gasteiger partial charge < -0.3 is 5.11 Å². The van der Waals surface area contributed by atoms with Crippen LogP contribution in [0.1, 0.15) is 59.9 Å². The lowest BCUT2D eigenvalue weighted by Crippen LogP contribution is -2.48. The number of aliphatic carboxylic acids is 1. The highest BCUT2D eigenvalue weighted by Gasteiger charge is 2.65. The summed E-state index contributed by atoms with van der Waals surface area (Å²) in [6.45, 7) is 6.27. The maximum absolute atomic E-state index is 13.3. The molecular weight excluding hydrogens is 444 g/mol. The number of benzene rings is 2. The van der Waals surface area contributed by atoms with Crippen molar-refractivity contribution in [3.63, 3.8) is 0 Å². The van der Waals surface area contributed by atoms with Crippen LogP contribution in [0.15, 0.2) is 72.9 Å². The first-order chi connectivity index (χ1) is 16.6. The Kier molecular flexibility index (Phi) is 5.16. The topological polar surface area (TPSA) is 95.6 Å². The molecule has 0 saturated carbocycles. The van der Waals surface area contributed by atoms with E-state index in [0.717, 1.165) is 10.5 Å². The van der Waals surface area contributed by atoms with E-state index in [9.17, 15) is 24.3 Å². The van der Waals surface area contributed by atoms with Crippen LogP contribution in [-0.2, 0) is 19.8 Å². The molecule has 7 heteroatoms. The predicted octanol–water partition coefficient (Wildman–Crippen LogP) is 3.42. The molecule has 3 atom stereocenters. The first-order valence-electron chi connectivity index (χ1n) is 11.5. The number of hydrogen-bond acceptors (Lipinski definition) is 4. The fourth-order valence-corrected chi connectivity index (χ4v) is 5.05. The van der Waals surface area contributed by atoms with Crippen molar-refractivity contribution in [2.24, 2.45) is 5.92 Å². The standard InChI is InChI=1S/C28H24N2O5/c1-28(2,3)18-12-9-16(10-13-18)24(31)17-11-14-20-21-22(23(27(34)35)29(20)15-17)26(33)30(25(21)32)19-7-5-4-6-8-19/h4-15,21-23H,1-3H3/p+1/t21-,22-,23-/m0/s1. The number of ketones is 1. The second-order valence-corrected chi connectivity index (χ2v) is 10.0. The van der Waals surface area contributed by atoms with E-state index in [1.165, 1.54) is 10.8 Å². The normalized spacial score (nSPS) is 21.1. The average molecular weight is 470 g/mol. The van der Waals surface area contributed by atoms with Crippen molar-refractivity contribution >= 4 is 29.3 Å². The van der Waals surface area contributed by atoms with Crippen LogP contribution in [0, 0.1) is 5.92 Å². The fraction of sp³-hybridized carbons (Fsp3) is 0.250. The number of fused-ring (bicyclic) bond motifs is 3. The van der Waals surface area contributed by atoms with Crippen molar-refractivity contribution in [2.45, 2.75) is 38.1 Å². The van der Waals surface area contributed by atoms with Crippen LogP contribution in [0.25, 0.3) is 0 Å². The van der Waals surface area contributed by atoms with Crippen molar-refractivity contribution in [3.05, 3.63) is 95.3 Å². The van der Waals surface area contributed by atoms with Crippen LogP contribution in [-0.4, -0.2) is 28.7 Å². The van der Waals surface area contributed by atoms with Gasteiger partial charge in [-0.3, -0.25) is 14.4 Å². The summed E-state index contributed by atoms with van der Waals surface area (Å²) in [5.41, 5.74) is 2.65. The molecule has 7 nitrogen and oxygen atoms in total. The Labute approximate surface area is 202 Å². The summed E-state index contributed by atoms with van der Waals surface area (Å²) in [4.78, 5) is 53.2. The molecule has 1 N–H and O–H groups in total. The second-order valence-electron chi connectivity index (χ2n) is 10.0. The van der Waals surface area contributed by atoms with E-state index in [0.29, 0.717) is 22.5 Å². The molecule has 2 amide bonds. The number of aromatic nitrogens is 1. The minimum atomic E-state index is -1.28. The summed E-state index contributed by atoms with van der Waals surface area (Å²) >= 11 is 0. The van der Waals surface area contributed by atoms with E-state index >= 15 is 0 Å². The molecule has 0 radical (unpaired) electrons. The number of carbonyl (C=O) groups is 4. The van der Waals surface area contributed by atoms with Gasteiger partial charge in [-0.2, -0.15) is 4.57 Å². The summed E-state index contributed by atoms with van der Waals surface area (Å²) < 4.78 is 1.41. The van der Waals surface area contributed by atoms with Gasteiger partial charge in [-0.1, -0.05) is 63.2 Å². The zero-order valence-electron chi connectivity index (χ0n) is 19.6. The van der Waals surface area contributed by atoms with Crippen molar-refractivity contribution in [1.82, 2.24) is 0 Å². The Morgan fingerprint density at radius 1 is 0.857 bits per heavy atom. The lowest BCUT2D eigenvalue weighted by molar-refractivity contribution is -0.707. The van der Waals surface area contributed by atoms with Crippen LogP contribution >= 0.6 is 0 Å². The molecule has 1 saturated heterocycles. The van der Waals surface area contributed by atoms with Crippen LogP contribution in [0.4, 0.5) is 5.69 Å². The van der Waals surface area contributed by atoms with Crippen molar-refractivity contribution in [3.8, 4) is 0 Å². The number of amides is 2. The molecule has 0 aliphatic carbocycles. The van der Waals surface area contributed by atoms with Gasteiger partial charge in [0.1, 0.15) is 11.8 Å². The Morgan fingerprint density at radius 2 is 1.49 bits per heavy atom. The molecule has 35 heavy (non-hydrogen) atoms. The molecule has 0 spiro atoms. The number of carbonyl (C=O) groups excluding carboxylic acids is 3. The van der Waals surface area contributed by atoms with E-state index < -0.39 is 35.7 Å². The third-order valence-electron chi connectivity index (χ3n) is 6.86. The minimum Gasteiger partial charge on any atom is -0.476 e. The molecule has 0 unspecified atom stereocenters. The van der Waals surface area contributed by atoms with E-state index in [4.69, 9.17) is 0 Å². The van der Waals surface area contributed by atoms with Gasteiger partial charge in [-0.05, 0) is 29.2 Å². The van der Waals surface area contributed by atoms with E-state index in [1.807, 2.05) is 12.1 Å². The number of imide groups is 1. The van der Waals surface area contributed by atoms with E-state index in [1.54, 1.807) is 54.6 Å².